The standard InChI is InChI=1S/C12H19ClN2O2S2/c1-8-3-4-15(10(5-8)7-14)19(16,17)11-6-9(2)12(13)18-11/h6,8,10H,3-5,7,14H2,1-2H3. The van der Waals surface area contributed by atoms with Gasteiger partial charge in [-0.3, -0.25) is 0 Å². The van der Waals surface area contributed by atoms with E-state index in [0.29, 0.717) is 27.6 Å². The molecule has 0 saturated carbocycles. The van der Waals surface area contributed by atoms with Gasteiger partial charge in [0.25, 0.3) is 10.0 Å². The van der Waals surface area contributed by atoms with E-state index >= 15 is 0 Å². The lowest BCUT2D eigenvalue weighted by atomic mass is 9.94. The number of nitrogens with two attached hydrogens (primary N) is 1. The van der Waals surface area contributed by atoms with Crippen molar-refractivity contribution in [3.8, 4) is 0 Å². The van der Waals surface area contributed by atoms with Crippen LogP contribution in [0.25, 0.3) is 0 Å². The molecule has 1 aliphatic rings. The predicted molar refractivity (Wildman–Crippen MR) is 79.2 cm³/mol. The Morgan fingerprint density at radius 1 is 1.58 bits per heavy atom. The third kappa shape index (κ3) is 2.97. The lowest BCUT2D eigenvalue weighted by Gasteiger charge is -2.36. The van der Waals surface area contributed by atoms with Crippen LogP contribution in [0.15, 0.2) is 10.3 Å². The smallest absolute Gasteiger partial charge is 0.252 e. The SMILES string of the molecule is Cc1cc(S(=O)(=O)N2CCC(C)CC2CN)sc1Cl. The fraction of sp³-hybridized carbons (Fsp3) is 0.667. The molecule has 2 rings (SSSR count). The van der Waals surface area contributed by atoms with Crippen molar-refractivity contribution < 1.29 is 8.42 Å². The highest BCUT2D eigenvalue weighted by molar-refractivity contribution is 7.91. The maximum absolute atomic E-state index is 12.7. The van der Waals surface area contributed by atoms with Crippen molar-refractivity contribution in [2.75, 3.05) is 13.1 Å². The maximum Gasteiger partial charge on any atom is 0.252 e. The molecule has 1 aromatic rings. The Labute approximate surface area is 123 Å². The van der Waals surface area contributed by atoms with E-state index < -0.39 is 10.0 Å². The van der Waals surface area contributed by atoms with Crippen LogP contribution in [0.1, 0.15) is 25.3 Å². The normalized spacial score (nSPS) is 25.7. The second-order valence-electron chi connectivity index (χ2n) is 5.16. The van der Waals surface area contributed by atoms with Crippen LogP contribution in [0.3, 0.4) is 0 Å². The number of sulfonamides is 1. The van der Waals surface area contributed by atoms with Crippen molar-refractivity contribution in [1.29, 1.82) is 0 Å². The first kappa shape index (κ1) is 15.3. The quantitative estimate of drug-likeness (QED) is 0.929. The molecule has 0 amide bonds. The van der Waals surface area contributed by atoms with Crippen molar-refractivity contribution in [3.63, 3.8) is 0 Å². The maximum atomic E-state index is 12.7. The average Bonchev–Trinajstić information content (AvgIpc) is 2.70. The minimum Gasteiger partial charge on any atom is -0.329 e. The van der Waals surface area contributed by atoms with Crippen LogP contribution >= 0.6 is 22.9 Å². The highest BCUT2D eigenvalue weighted by Crippen LogP contribution is 2.34. The van der Waals surface area contributed by atoms with Crippen LogP contribution < -0.4 is 5.73 Å². The number of nitrogens with zero attached hydrogens (tertiary/aromatic N) is 1. The second kappa shape index (κ2) is 5.69. The van der Waals surface area contributed by atoms with Gasteiger partial charge in [-0.15, -0.1) is 11.3 Å². The van der Waals surface area contributed by atoms with Crippen LogP contribution in [0.4, 0.5) is 0 Å². The van der Waals surface area contributed by atoms with Gasteiger partial charge in [-0.1, -0.05) is 18.5 Å². The van der Waals surface area contributed by atoms with E-state index in [1.165, 1.54) is 0 Å². The number of piperidine rings is 1. The first-order chi connectivity index (χ1) is 8.86. The summed E-state index contributed by atoms with van der Waals surface area (Å²) in [6.45, 7) is 4.86. The van der Waals surface area contributed by atoms with Crippen LogP contribution in [0.5, 0.6) is 0 Å². The number of halogens is 1. The van der Waals surface area contributed by atoms with Crippen LogP contribution in [-0.2, 0) is 10.0 Å². The molecule has 1 aliphatic heterocycles. The molecule has 2 unspecified atom stereocenters. The minimum absolute atomic E-state index is 0.102. The number of rotatable bonds is 3. The van der Waals surface area contributed by atoms with Gasteiger partial charge in [0.2, 0.25) is 0 Å². The average molecular weight is 323 g/mol. The van der Waals surface area contributed by atoms with Crippen LogP contribution in [0, 0.1) is 12.8 Å². The van der Waals surface area contributed by atoms with E-state index in [2.05, 4.69) is 6.92 Å². The molecule has 0 aromatic carbocycles. The number of aryl methyl sites for hydroxylation is 1. The highest BCUT2D eigenvalue weighted by Gasteiger charge is 2.35. The summed E-state index contributed by atoms with van der Waals surface area (Å²) in [5.41, 5.74) is 6.54. The van der Waals surface area contributed by atoms with Gasteiger partial charge < -0.3 is 5.73 Å². The van der Waals surface area contributed by atoms with Crippen LogP contribution in [0.2, 0.25) is 4.34 Å². The van der Waals surface area contributed by atoms with E-state index in [0.717, 1.165) is 29.7 Å². The molecule has 108 valence electrons. The Hall–Kier alpha value is -0.140. The summed E-state index contributed by atoms with van der Waals surface area (Å²) >= 11 is 7.10. The largest absolute Gasteiger partial charge is 0.329 e. The van der Waals surface area contributed by atoms with Gasteiger partial charge in [0.1, 0.15) is 4.21 Å². The molecular formula is C12H19ClN2O2S2. The topological polar surface area (TPSA) is 63.4 Å². The van der Waals surface area contributed by atoms with Crippen LogP contribution in [-0.4, -0.2) is 31.9 Å². The van der Waals surface area contributed by atoms with E-state index in [1.54, 1.807) is 10.4 Å². The van der Waals surface area contributed by atoms with Gasteiger partial charge in [0.05, 0.1) is 4.34 Å². The molecule has 0 aliphatic carbocycles. The first-order valence-corrected chi connectivity index (χ1v) is 8.97. The molecule has 2 atom stereocenters. The van der Waals surface area contributed by atoms with E-state index in [4.69, 9.17) is 17.3 Å². The molecule has 1 aromatic heterocycles. The van der Waals surface area contributed by atoms with E-state index in [9.17, 15) is 8.42 Å². The first-order valence-electron chi connectivity index (χ1n) is 6.34. The summed E-state index contributed by atoms with van der Waals surface area (Å²) in [6, 6.07) is 1.54. The van der Waals surface area contributed by atoms with Gasteiger partial charge in [-0.2, -0.15) is 4.31 Å². The van der Waals surface area contributed by atoms with Crippen molar-refractivity contribution in [2.45, 2.75) is 36.9 Å². The zero-order chi connectivity index (χ0) is 14.2. The minimum atomic E-state index is -3.46. The van der Waals surface area contributed by atoms with Gasteiger partial charge in [0.15, 0.2) is 0 Å². The summed E-state index contributed by atoms with van der Waals surface area (Å²) in [5.74, 6) is 0.522. The summed E-state index contributed by atoms with van der Waals surface area (Å²) in [5, 5.41) is 0. The molecule has 2 heterocycles. The molecular weight excluding hydrogens is 304 g/mol. The fourth-order valence-electron chi connectivity index (χ4n) is 2.43. The Bertz CT molecular complexity index is 537. The Balaban J connectivity index is 2.33. The number of hydrogen-bond donors (Lipinski definition) is 1. The van der Waals surface area contributed by atoms with Crippen molar-refractivity contribution in [2.24, 2.45) is 11.7 Å². The van der Waals surface area contributed by atoms with Crippen molar-refractivity contribution >= 4 is 33.0 Å². The van der Waals surface area contributed by atoms with Gasteiger partial charge in [-0.05, 0) is 37.3 Å². The summed E-state index contributed by atoms with van der Waals surface area (Å²) in [4.78, 5) is 0. The highest BCUT2D eigenvalue weighted by atomic mass is 35.5. The molecule has 4 nitrogen and oxygen atoms in total. The second-order valence-corrected chi connectivity index (χ2v) is 8.93. The van der Waals surface area contributed by atoms with Crippen molar-refractivity contribution in [1.82, 2.24) is 4.31 Å². The Morgan fingerprint density at radius 2 is 2.26 bits per heavy atom. The molecule has 0 radical (unpaired) electrons. The van der Waals surface area contributed by atoms with Crippen molar-refractivity contribution in [3.05, 3.63) is 16.0 Å². The third-order valence-electron chi connectivity index (χ3n) is 3.59. The lowest BCUT2D eigenvalue weighted by Crippen LogP contribution is -2.48. The zero-order valence-electron chi connectivity index (χ0n) is 11.1. The molecule has 2 N–H and O–H groups in total. The molecule has 1 saturated heterocycles. The monoisotopic (exact) mass is 322 g/mol. The van der Waals surface area contributed by atoms with Gasteiger partial charge >= 0.3 is 0 Å². The number of thiophene rings is 1. The summed E-state index contributed by atoms with van der Waals surface area (Å²) in [6.07, 6.45) is 1.71. The van der Waals surface area contributed by atoms with Gasteiger partial charge in [0, 0.05) is 19.1 Å². The zero-order valence-corrected chi connectivity index (χ0v) is 13.5. The molecule has 7 heteroatoms. The number of hydrogen-bond acceptors (Lipinski definition) is 4. The Morgan fingerprint density at radius 3 is 2.79 bits per heavy atom. The summed E-state index contributed by atoms with van der Waals surface area (Å²) in [7, 11) is -3.46. The third-order valence-corrected chi connectivity index (χ3v) is 7.55. The molecule has 0 bridgehead atoms. The molecule has 0 spiro atoms. The van der Waals surface area contributed by atoms with E-state index in [-0.39, 0.29) is 6.04 Å². The molecule has 1 fully saturated rings. The van der Waals surface area contributed by atoms with E-state index in [1.807, 2.05) is 6.92 Å². The Kier molecular flexibility index (Phi) is 4.57. The molecule has 19 heavy (non-hydrogen) atoms. The van der Waals surface area contributed by atoms with Gasteiger partial charge in [-0.25, -0.2) is 8.42 Å². The lowest BCUT2D eigenvalue weighted by molar-refractivity contribution is 0.211. The fourth-order valence-corrected chi connectivity index (χ4v) is 5.93. The predicted octanol–water partition coefficient (Wildman–Crippen LogP) is 2.46. The summed E-state index contributed by atoms with van der Waals surface area (Å²) < 4.78 is 27.7.